The molecule has 5 nitrogen and oxygen atoms in total. The molecule has 0 atom stereocenters. The Morgan fingerprint density at radius 3 is 2.58 bits per heavy atom. The van der Waals surface area contributed by atoms with E-state index in [1.807, 2.05) is 5.10 Å². The van der Waals surface area contributed by atoms with Gasteiger partial charge in [-0.15, -0.1) is 0 Å². The number of hydrogen-bond donors (Lipinski definition) is 1. The van der Waals surface area contributed by atoms with E-state index >= 15 is 0 Å². The van der Waals surface area contributed by atoms with Crippen molar-refractivity contribution in [3.8, 4) is 11.3 Å². The number of hydrogen-bond acceptors (Lipinski definition) is 4. The Balaban J connectivity index is 2.69. The first-order valence-corrected chi connectivity index (χ1v) is 7.73. The van der Waals surface area contributed by atoms with Crippen molar-refractivity contribution in [3.05, 3.63) is 55.3 Å². The smallest absolute Gasteiger partial charge is 0.419 e. The van der Waals surface area contributed by atoms with Crippen LogP contribution in [0.5, 0.6) is 0 Å². The highest BCUT2D eigenvalue weighted by molar-refractivity contribution is 6.43. The molecule has 1 N–H and O–H groups in total. The third kappa shape index (κ3) is 4.08. The van der Waals surface area contributed by atoms with E-state index in [1.165, 1.54) is 18.2 Å². The second-order valence-electron chi connectivity index (χ2n) is 5.12. The molecule has 2 rings (SSSR count). The van der Waals surface area contributed by atoms with Crippen LogP contribution >= 0.6 is 23.2 Å². The molecule has 0 saturated heterocycles. The number of nitrogens with one attached hydrogen (secondary N) is 1. The van der Waals surface area contributed by atoms with E-state index in [0.717, 1.165) is 20.1 Å². The molecule has 10 heteroatoms. The van der Waals surface area contributed by atoms with Gasteiger partial charge < -0.3 is 4.74 Å². The number of ether oxygens (including phenoxy) is 1. The number of aromatic amines is 1. The van der Waals surface area contributed by atoms with E-state index in [0.29, 0.717) is 0 Å². The van der Waals surface area contributed by atoms with Gasteiger partial charge in [-0.1, -0.05) is 29.3 Å². The Morgan fingerprint density at radius 1 is 1.35 bits per heavy atom. The standard InChI is InChI=1S/C16H11Cl2F3N2O3/c1-7-12(16(19,20)21)13(22-23-14(7)24)8-3-4-10(17)9(5-8)6-11(18)15(25)26-2/h3-6H,1-2H3,(H,23,24). The second kappa shape index (κ2) is 7.51. The third-order valence-electron chi connectivity index (χ3n) is 3.44. The summed E-state index contributed by atoms with van der Waals surface area (Å²) in [6.45, 7) is 1.05. The number of rotatable bonds is 3. The predicted molar refractivity (Wildman–Crippen MR) is 90.9 cm³/mol. The molecule has 138 valence electrons. The summed E-state index contributed by atoms with van der Waals surface area (Å²) in [5.74, 6) is -0.831. The summed E-state index contributed by atoms with van der Waals surface area (Å²) in [4.78, 5) is 22.9. The van der Waals surface area contributed by atoms with Crippen LogP contribution in [0.4, 0.5) is 13.2 Å². The van der Waals surface area contributed by atoms with Gasteiger partial charge in [0.05, 0.1) is 12.7 Å². The van der Waals surface area contributed by atoms with Gasteiger partial charge in [0.25, 0.3) is 5.56 Å². The zero-order valence-electron chi connectivity index (χ0n) is 13.4. The van der Waals surface area contributed by atoms with E-state index in [4.69, 9.17) is 23.2 Å². The number of methoxy groups -OCH3 is 1. The maximum absolute atomic E-state index is 13.4. The van der Waals surface area contributed by atoms with Crippen LogP contribution in [0.3, 0.4) is 0 Å². The molecular weight excluding hydrogens is 396 g/mol. The molecule has 0 unspecified atom stereocenters. The summed E-state index contributed by atoms with van der Waals surface area (Å²) in [6.07, 6.45) is -3.63. The summed E-state index contributed by atoms with van der Waals surface area (Å²) in [7, 11) is 1.12. The molecule has 0 radical (unpaired) electrons. The predicted octanol–water partition coefficient (Wildman–Crippen LogP) is 4.17. The van der Waals surface area contributed by atoms with Crippen LogP contribution < -0.4 is 5.56 Å². The van der Waals surface area contributed by atoms with Crippen molar-refractivity contribution in [2.24, 2.45) is 0 Å². The Labute approximate surface area is 155 Å². The van der Waals surface area contributed by atoms with E-state index < -0.39 is 34.5 Å². The number of benzene rings is 1. The topological polar surface area (TPSA) is 72.0 Å². The largest absolute Gasteiger partial charge is 0.465 e. The van der Waals surface area contributed by atoms with Crippen LogP contribution in [0.1, 0.15) is 16.7 Å². The summed E-state index contributed by atoms with van der Waals surface area (Å²) in [5, 5.41) is 5.39. The lowest BCUT2D eigenvalue weighted by Crippen LogP contribution is -2.21. The van der Waals surface area contributed by atoms with Gasteiger partial charge >= 0.3 is 12.1 Å². The van der Waals surface area contributed by atoms with Crippen molar-refractivity contribution < 1.29 is 22.7 Å². The van der Waals surface area contributed by atoms with Crippen LogP contribution in [-0.2, 0) is 15.7 Å². The minimum absolute atomic E-state index is 0.0293. The molecule has 2 aromatic rings. The first-order chi connectivity index (χ1) is 12.1. The van der Waals surface area contributed by atoms with E-state index in [2.05, 4.69) is 9.84 Å². The quantitative estimate of drug-likeness (QED) is 0.613. The highest BCUT2D eigenvalue weighted by atomic mass is 35.5. The average molecular weight is 407 g/mol. The Hall–Kier alpha value is -2.32. The maximum Gasteiger partial charge on any atom is 0.419 e. The number of H-pyrrole nitrogens is 1. The number of nitrogens with zero attached hydrogens (tertiary/aromatic N) is 1. The zero-order chi connectivity index (χ0) is 19.6. The molecule has 0 aliphatic carbocycles. The number of carbonyl (C=O) groups is 1. The number of alkyl halides is 3. The van der Waals surface area contributed by atoms with Gasteiger partial charge in [-0.2, -0.15) is 18.3 Å². The molecule has 26 heavy (non-hydrogen) atoms. The van der Waals surface area contributed by atoms with Gasteiger partial charge in [-0.25, -0.2) is 9.89 Å². The number of carbonyl (C=O) groups excluding carboxylic acids is 1. The Bertz CT molecular complexity index is 953. The molecule has 1 heterocycles. The molecule has 1 aromatic heterocycles. The molecule has 0 aliphatic rings. The van der Waals surface area contributed by atoms with E-state index in [1.54, 1.807) is 0 Å². The van der Waals surface area contributed by atoms with Crippen molar-refractivity contribution in [3.63, 3.8) is 0 Å². The molecule has 0 amide bonds. The average Bonchev–Trinajstić information content (AvgIpc) is 2.57. The summed E-state index contributed by atoms with van der Waals surface area (Å²) in [5.41, 5.74) is -2.88. The zero-order valence-corrected chi connectivity index (χ0v) is 14.9. The molecule has 0 aliphatic heterocycles. The third-order valence-corrected chi connectivity index (χ3v) is 4.04. The highest BCUT2D eigenvalue weighted by Crippen LogP contribution is 2.37. The molecule has 0 saturated carbocycles. The van der Waals surface area contributed by atoms with Gasteiger partial charge in [0.2, 0.25) is 0 Å². The lowest BCUT2D eigenvalue weighted by molar-refractivity contribution is -0.138. The SMILES string of the molecule is COC(=O)C(Cl)=Cc1cc(-c2n[nH]c(=O)c(C)c2C(F)(F)F)ccc1Cl. The van der Waals surface area contributed by atoms with Gasteiger partial charge in [-0.3, -0.25) is 4.79 Å². The van der Waals surface area contributed by atoms with Crippen molar-refractivity contribution >= 4 is 35.2 Å². The number of halogens is 5. The molecular formula is C16H11Cl2F3N2O3. The minimum atomic E-state index is -4.79. The van der Waals surface area contributed by atoms with E-state index in [9.17, 15) is 22.8 Å². The summed E-state index contributed by atoms with van der Waals surface area (Å²) in [6, 6.07) is 3.90. The van der Waals surface area contributed by atoms with Gasteiger partial charge in [0, 0.05) is 16.1 Å². The fourth-order valence-electron chi connectivity index (χ4n) is 2.19. The van der Waals surface area contributed by atoms with Crippen LogP contribution in [0.15, 0.2) is 28.0 Å². The van der Waals surface area contributed by atoms with Crippen molar-refractivity contribution in [2.75, 3.05) is 7.11 Å². The second-order valence-corrected chi connectivity index (χ2v) is 5.93. The van der Waals surface area contributed by atoms with Crippen molar-refractivity contribution in [1.29, 1.82) is 0 Å². The Morgan fingerprint density at radius 2 is 2.00 bits per heavy atom. The molecule has 0 bridgehead atoms. The first kappa shape index (κ1) is 20.0. The van der Waals surface area contributed by atoms with Crippen molar-refractivity contribution in [1.82, 2.24) is 10.2 Å². The van der Waals surface area contributed by atoms with E-state index in [-0.39, 0.29) is 21.2 Å². The van der Waals surface area contributed by atoms with Crippen LogP contribution in [0.2, 0.25) is 5.02 Å². The van der Waals surface area contributed by atoms with Crippen molar-refractivity contribution in [2.45, 2.75) is 13.1 Å². The summed E-state index contributed by atoms with van der Waals surface area (Å²) >= 11 is 11.8. The lowest BCUT2D eigenvalue weighted by Gasteiger charge is -2.14. The fraction of sp³-hybridized carbons (Fsp3) is 0.188. The highest BCUT2D eigenvalue weighted by Gasteiger charge is 2.37. The van der Waals surface area contributed by atoms with Crippen LogP contribution in [-0.4, -0.2) is 23.3 Å². The number of esters is 1. The first-order valence-electron chi connectivity index (χ1n) is 6.98. The fourth-order valence-corrected chi connectivity index (χ4v) is 2.55. The maximum atomic E-state index is 13.4. The van der Waals surface area contributed by atoms with Crippen LogP contribution in [0.25, 0.3) is 17.3 Å². The molecule has 0 fully saturated rings. The van der Waals surface area contributed by atoms with Gasteiger partial charge in [0.15, 0.2) is 0 Å². The normalized spacial score (nSPS) is 12.2. The summed E-state index contributed by atoms with van der Waals surface area (Å²) < 4.78 is 44.7. The number of aromatic nitrogens is 2. The van der Waals surface area contributed by atoms with Gasteiger partial charge in [0.1, 0.15) is 10.7 Å². The van der Waals surface area contributed by atoms with Crippen LogP contribution in [0, 0.1) is 6.92 Å². The molecule has 0 spiro atoms. The Kier molecular flexibility index (Phi) is 5.77. The minimum Gasteiger partial charge on any atom is -0.465 e. The monoisotopic (exact) mass is 406 g/mol. The van der Waals surface area contributed by atoms with Gasteiger partial charge in [-0.05, 0) is 30.7 Å². The lowest BCUT2D eigenvalue weighted by atomic mass is 10.0. The molecule has 1 aromatic carbocycles.